The van der Waals surface area contributed by atoms with Crippen molar-refractivity contribution in [3.8, 4) is 11.5 Å². The van der Waals surface area contributed by atoms with Crippen molar-refractivity contribution in [2.45, 2.75) is 56.2 Å². The van der Waals surface area contributed by atoms with Gasteiger partial charge in [-0.1, -0.05) is 6.07 Å². The van der Waals surface area contributed by atoms with Crippen LogP contribution in [0.2, 0.25) is 0 Å². The van der Waals surface area contributed by atoms with E-state index >= 15 is 0 Å². The van der Waals surface area contributed by atoms with Gasteiger partial charge < -0.3 is 25.6 Å². The molecule has 6 heteroatoms. The van der Waals surface area contributed by atoms with Crippen LogP contribution in [0.25, 0.3) is 0 Å². The van der Waals surface area contributed by atoms with Crippen LogP contribution < -0.4 is 20.5 Å². The second-order valence-corrected chi connectivity index (χ2v) is 8.56. The van der Waals surface area contributed by atoms with Crippen molar-refractivity contribution in [1.82, 2.24) is 5.32 Å². The van der Waals surface area contributed by atoms with Gasteiger partial charge in [-0.25, -0.2) is 0 Å². The number of nitrogens with one attached hydrogen (secondary N) is 1. The molecule has 4 aliphatic carbocycles. The summed E-state index contributed by atoms with van der Waals surface area (Å²) < 4.78 is 10.8. The van der Waals surface area contributed by atoms with E-state index in [1.54, 1.807) is 7.11 Å². The van der Waals surface area contributed by atoms with Crippen LogP contribution in [0.5, 0.6) is 11.5 Å². The molecule has 6 nitrogen and oxygen atoms in total. The molecule has 0 aromatic heterocycles. The molecule has 1 aromatic carbocycles. The van der Waals surface area contributed by atoms with Crippen molar-refractivity contribution in [3.63, 3.8) is 0 Å². The first-order chi connectivity index (χ1) is 12.4. The molecule has 0 spiro atoms. The minimum Gasteiger partial charge on any atom is -0.493 e. The molecule has 1 aromatic rings. The molecule has 4 bridgehead atoms. The molecular formula is C20H28N2O4. The van der Waals surface area contributed by atoms with Crippen LogP contribution in [0.3, 0.4) is 0 Å². The number of ether oxygens (including phenoxy) is 2. The maximum atomic E-state index is 10.9. The van der Waals surface area contributed by atoms with Crippen LogP contribution in [0.4, 0.5) is 0 Å². The summed E-state index contributed by atoms with van der Waals surface area (Å²) in [5.41, 5.74) is 5.83. The normalized spacial score (nSPS) is 34.7. The molecular weight excluding hydrogens is 332 g/mol. The van der Waals surface area contributed by atoms with E-state index in [1.807, 2.05) is 18.2 Å². The minimum absolute atomic E-state index is 0.0627. The average molecular weight is 360 g/mol. The third-order valence-electron chi connectivity index (χ3n) is 6.30. The van der Waals surface area contributed by atoms with E-state index < -0.39 is 11.5 Å². The number of rotatable bonds is 7. The van der Waals surface area contributed by atoms with E-state index in [0.29, 0.717) is 23.3 Å². The fourth-order valence-corrected chi connectivity index (χ4v) is 5.80. The lowest BCUT2D eigenvalue weighted by atomic mass is 9.51. The lowest BCUT2D eigenvalue weighted by molar-refractivity contribution is -0.142. The molecule has 1 amide bonds. The number of carbonyl (C=O) groups is 1. The Morgan fingerprint density at radius 1 is 1.27 bits per heavy atom. The molecule has 0 heterocycles. The van der Waals surface area contributed by atoms with E-state index in [9.17, 15) is 9.90 Å². The summed E-state index contributed by atoms with van der Waals surface area (Å²) in [5.74, 6) is 1.91. The van der Waals surface area contributed by atoms with Gasteiger partial charge in [0.05, 0.1) is 12.7 Å². The van der Waals surface area contributed by atoms with Crippen LogP contribution in [-0.4, -0.2) is 35.9 Å². The Labute approximate surface area is 154 Å². The van der Waals surface area contributed by atoms with E-state index in [1.165, 1.54) is 19.3 Å². The van der Waals surface area contributed by atoms with Gasteiger partial charge in [0, 0.05) is 12.1 Å². The van der Waals surface area contributed by atoms with Gasteiger partial charge in [0.15, 0.2) is 18.1 Å². The number of methoxy groups -OCH3 is 1. The fraction of sp³-hybridized carbons (Fsp3) is 0.650. The van der Waals surface area contributed by atoms with E-state index in [2.05, 4.69) is 5.32 Å². The van der Waals surface area contributed by atoms with Gasteiger partial charge in [-0.3, -0.25) is 4.79 Å². The summed E-state index contributed by atoms with van der Waals surface area (Å²) in [7, 11) is 1.58. The number of nitrogens with two attached hydrogens (primary N) is 1. The molecule has 0 radical (unpaired) electrons. The molecule has 0 aliphatic heterocycles. The van der Waals surface area contributed by atoms with Crippen LogP contribution in [0, 0.1) is 11.8 Å². The third-order valence-corrected chi connectivity index (χ3v) is 6.30. The number of aliphatic hydroxyl groups is 1. The highest BCUT2D eigenvalue weighted by Crippen LogP contribution is 2.57. The Morgan fingerprint density at radius 2 is 2.00 bits per heavy atom. The fourth-order valence-electron chi connectivity index (χ4n) is 5.80. The van der Waals surface area contributed by atoms with Crippen molar-refractivity contribution in [2.75, 3.05) is 13.7 Å². The van der Waals surface area contributed by atoms with Gasteiger partial charge in [0.1, 0.15) is 0 Å². The van der Waals surface area contributed by atoms with Crippen LogP contribution in [0.15, 0.2) is 18.2 Å². The quantitative estimate of drug-likeness (QED) is 0.688. The van der Waals surface area contributed by atoms with Crippen molar-refractivity contribution in [1.29, 1.82) is 0 Å². The lowest BCUT2D eigenvalue weighted by Gasteiger charge is -2.60. The predicted molar refractivity (Wildman–Crippen MR) is 96.9 cm³/mol. The standard InChI is InChI=1S/C20H28N2O4/c1-25-17-5-13(2-3-16(17)26-11-18(21)23)10-22-19-6-14-4-15(7-19)9-20(24,8-14)12-19/h2-3,5,14-15,22,24H,4,6-12H2,1H3,(H2,21,23)/t14-,15-,19?,20?/m0/s1. The summed E-state index contributed by atoms with van der Waals surface area (Å²) in [5, 5.41) is 14.6. The summed E-state index contributed by atoms with van der Waals surface area (Å²) in [6, 6.07) is 5.71. The summed E-state index contributed by atoms with van der Waals surface area (Å²) in [6.07, 6.45) is 6.44. The van der Waals surface area contributed by atoms with Crippen LogP contribution in [-0.2, 0) is 11.3 Å². The van der Waals surface area contributed by atoms with Crippen molar-refractivity contribution in [2.24, 2.45) is 17.6 Å². The Morgan fingerprint density at radius 3 is 2.62 bits per heavy atom. The molecule has 4 saturated carbocycles. The Hall–Kier alpha value is -1.79. The number of carbonyl (C=O) groups excluding carboxylic acids is 1. The Kier molecular flexibility index (Phi) is 4.35. The molecule has 4 aliphatic rings. The number of benzene rings is 1. The lowest BCUT2D eigenvalue weighted by Crippen LogP contribution is -2.64. The third kappa shape index (κ3) is 3.40. The zero-order valence-corrected chi connectivity index (χ0v) is 15.3. The predicted octanol–water partition coefficient (Wildman–Crippen LogP) is 1.73. The van der Waals surface area contributed by atoms with Gasteiger partial charge in [0.25, 0.3) is 5.91 Å². The maximum Gasteiger partial charge on any atom is 0.255 e. The van der Waals surface area contributed by atoms with Crippen molar-refractivity contribution in [3.05, 3.63) is 23.8 Å². The van der Waals surface area contributed by atoms with Crippen LogP contribution >= 0.6 is 0 Å². The first-order valence-electron chi connectivity index (χ1n) is 9.44. The molecule has 4 fully saturated rings. The first kappa shape index (κ1) is 17.6. The average Bonchev–Trinajstić information content (AvgIpc) is 2.56. The van der Waals surface area contributed by atoms with E-state index in [4.69, 9.17) is 15.2 Å². The second kappa shape index (κ2) is 6.43. The van der Waals surface area contributed by atoms with Gasteiger partial charge in [-0.15, -0.1) is 0 Å². The minimum atomic E-state index is -0.516. The molecule has 0 unspecified atom stereocenters. The zero-order valence-electron chi connectivity index (χ0n) is 15.3. The largest absolute Gasteiger partial charge is 0.493 e. The highest BCUT2D eigenvalue weighted by Gasteiger charge is 2.56. The van der Waals surface area contributed by atoms with Gasteiger partial charge in [0.2, 0.25) is 0 Å². The topological polar surface area (TPSA) is 93.8 Å². The van der Waals surface area contributed by atoms with Crippen molar-refractivity contribution < 1.29 is 19.4 Å². The highest BCUT2D eigenvalue weighted by molar-refractivity contribution is 5.75. The number of hydrogen-bond donors (Lipinski definition) is 3. The monoisotopic (exact) mass is 360 g/mol. The molecule has 2 atom stereocenters. The number of primary amides is 1. The molecule has 0 saturated heterocycles. The molecule has 4 N–H and O–H groups in total. The zero-order chi connectivity index (χ0) is 18.4. The highest BCUT2D eigenvalue weighted by atomic mass is 16.5. The van der Waals surface area contributed by atoms with Crippen LogP contribution in [0.1, 0.15) is 44.1 Å². The van der Waals surface area contributed by atoms with E-state index in [0.717, 1.165) is 31.4 Å². The van der Waals surface area contributed by atoms with Crippen molar-refractivity contribution >= 4 is 5.91 Å². The molecule has 26 heavy (non-hydrogen) atoms. The number of hydrogen-bond acceptors (Lipinski definition) is 5. The van der Waals surface area contributed by atoms with Gasteiger partial charge in [-0.2, -0.15) is 0 Å². The smallest absolute Gasteiger partial charge is 0.255 e. The van der Waals surface area contributed by atoms with Gasteiger partial charge >= 0.3 is 0 Å². The maximum absolute atomic E-state index is 10.9. The second-order valence-electron chi connectivity index (χ2n) is 8.56. The Bertz CT molecular complexity index is 691. The Balaban J connectivity index is 1.44. The summed E-state index contributed by atoms with van der Waals surface area (Å²) in [4.78, 5) is 10.9. The van der Waals surface area contributed by atoms with Gasteiger partial charge in [-0.05, 0) is 68.1 Å². The number of amides is 1. The first-order valence-corrected chi connectivity index (χ1v) is 9.44. The summed E-state index contributed by atoms with van der Waals surface area (Å²) in [6.45, 7) is 0.556. The molecule has 5 rings (SSSR count). The summed E-state index contributed by atoms with van der Waals surface area (Å²) >= 11 is 0. The molecule has 142 valence electrons. The SMILES string of the molecule is COc1cc(CNC23C[C@@H]4C[C@H](CC(O)(C4)C2)C3)ccc1OCC(N)=O. The van der Waals surface area contributed by atoms with E-state index in [-0.39, 0.29) is 12.1 Å².